The molecule has 2 atom stereocenters. The molecule has 0 saturated heterocycles. The van der Waals surface area contributed by atoms with Crippen LogP contribution in [0, 0.1) is 0 Å². The third-order valence-corrected chi connectivity index (χ3v) is 7.25. The molecule has 3 nitrogen and oxygen atoms in total. The summed E-state index contributed by atoms with van der Waals surface area (Å²) in [5, 5.41) is 8.71. The zero-order valence-electron chi connectivity index (χ0n) is 18.9. The summed E-state index contributed by atoms with van der Waals surface area (Å²) in [6, 6.07) is 38.5. The highest BCUT2D eigenvalue weighted by atomic mass is 31.1. The van der Waals surface area contributed by atoms with E-state index in [-0.39, 0.29) is 20.3 Å². The first kappa shape index (κ1) is 21.6. The second-order valence-electron chi connectivity index (χ2n) is 8.47. The van der Waals surface area contributed by atoms with Crippen LogP contribution in [0.2, 0.25) is 0 Å². The van der Waals surface area contributed by atoms with Crippen LogP contribution in [-0.2, 0) is 0 Å². The number of amidine groups is 1. The summed E-state index contributed by atoms with van der Waals surface area (Å²) in [6.07, 6.45) is -0.177. The van der Waals surface area contributed by atoms with Gasteiger partial charge in [0.2, 0.25) is 0 Å². The molecule has 0 spiro atoms. The van der Waals surface area contributed by atoms with E-state index in [1.165, 1.54) is 22.0 Å². The van der Waals surface area contributed by atoms with E-state index in [1.54, 1.807) is 0 Å². The average Bonchev–Trinajstić information content (AvgIpc) is 2.89. The molecule has 0 radical (unpaired) electrons. The Labute approximate surface area is 197 Å². The van der Waals surface area contributed by atoms with E-state index in [2.05, 4.69) is 121 Å². The van der Waals surface area contributed by atoms with Crippen molar-refractivity contribution in [1.82, 2.24) is 10.6 Å². The lowest BCUT2D eigenvalue weighted by Gasteiger charge is -2.32. The summed E-state index contributed by atoms with van der Waals surface area (Å²) < 4.78 is 0. The number of aliphatic imine (C=N–C) groups is 1. The zero-order valence-corrected chi connectivity index (χ0v) is 19.8. The Morgan fingerprint density at radius 1 is 0.636 bits per heavy atom. The fourth-order valence-corrected chi connectivity index (χ4v) is 4.92. The van der Waals surface area contributed by atoms with Gasteiger partial charge in [-0.3, -0.25) is 5.32 Å². The van der Waals surface area contributed by atoms with E-state index >= 15 is 0 Å². The van der Waals surface area contributed by atoms with E-state index < -0.39 is 0 Å². The molecule has 0 amide bonds. The van der Waals surface area contributed by atoms with Gasteiger partial charge in [0.25, 0.3) is 0 Å². The quantitative estimate of drug-likeness (QED) is 0.364. The molecule has 2 unspecified atom stereocenters. The van der Waals surface area contributed by atoms with Crippen LogP contribution >= 0.6 is 7.92 Å². The highest BCUT2D eigenvalue weighted by Gasteiger charge is 2.25. The summed E-state index contributed by atoms with van der Waals surface area (Å²) in [4.78, 5) is 5.08. The first-order chi connectivity index (χ1) is 16.2. The van der Waals surface area contributed by atoms with E-state index in [1.807, 2.05) is 12.1 Å². The van der Waals surface area contributed by atoms with Crippen molar-refractivity contribution in [2.24, 2.45) is 4.99 Å². The molecule has 4 aromatic carbocycles. The van der Waals surface area contributed by atoms with Crippen LogP contribution in [0.1, 0.15) is 29.0 Å². The van der Waals surface area contributed by atoms with E-state index in [0.717, 1.165) is 17.0 Å². The Balaban J connectivity index is 1.53. The number of hydrogen-bond acceptors (Lipinski definition) is 3. The number of hydrogen-bond donors (Lipinski definition) is 2. The van der Waals surface area contributed by atoms with Crippen LogP contribution in [0.4, 0.5) is 0 Å². The standard InChI is InChI=1S/C29H28N3P/c1-33(2)26-18-10-16-24(20-26)23-15-9-17-25(19-23)29-31-27(21-11-5-3-6-12-21)30-28(32-29)22-13-7-4-8-14-22/h3-20,27,29,31H,1-2H3,(H,30,32). The molecule has 33 heavy (non-hydrogen) atoms. The van der Waals surface area contributed by atoms with Crippen molar-refractivity contribution < 1.29 is 0 Å². The molecule has 1 aliphatic rings. The molecule has 1 heterocycles. The fraction of sp³-hybridized carbons (Fsp3) is 0.138. The fourth-order valence-electron chi connectivity index (χ4n) is 4.14. The highest BCUT2D eigenvalue weighted by Crippen LogP contribution is 2.30. The lowest BCUT2D eigenvalue weighted by atomic mass is 10.0. The SMILES string of the molecule is CP(C)c1cccc(-c2cccc(C3N=C(c4ccccc4)NC(c4ccccc4)N3)c2)c1. The normalized spacial score (nSPS) is 18.0. The molecule has 4 heteroatoms. The predicted molar refractivity (Wildman–Crippen MR) is 141 cm³/mol. The van der Waals surface area contributed by atoms with Gasteiger partial charge in [-0.1, -0.05) is 105 Å². The van der Waals surface area contributed by atoms with Gasteiger partial charge >= 0.3 is 0 Å². The first-order valence-corrected chi connectivity index (χ1v) is 13.5. The molecule has 5 rings (SSSR count). The largest absolute Gasteiger partial charge is 0.350 e. The molecule has 164 valence electrons. The predicted octanol–water partition coefficient (Wildman–Crippen LogP) is 6.06. The first-order valence-electron chi connectivity index (χ1n) is 11.3. The van der Waals surface area contributed by atoms with Crippen LogP contribution in [0.3, 0.4) is 0 Å². The highest BCUT2D eigenvalue weighted by molar-refractivity contribution is 7.64. The Morgan fingerprint density at radius 2 is 1.24 bits per heavy atom. The Kier molecular flexibility index (Phi) is 6.35. The van der Waals surface area contributed by atoms with Crippen molar-refractivity contribution in [3.05, 3.63) is 126 Å². The van der Waals surface area contributed by atoms with Crippen molar-refractivity contribution >= 4 is 19.1 Å². The molecule has 0 aromatic heterocycles. The smallest absolute Gasteiger partial charge is 0.131 e. The van der Waals surface area contributed by atoms with E-state index in [9.17, 15) is 0 Å². The van der Waals surface area contributed by atoms with Gasteiger partial charge in [0.1, 0.15) is 18.2 Å². The lowest BCUT2D eigenvalue weighted by Crippen LogP contribution is -2.44. The minimum absolute atomic E-state index is 0.0281. The van der Waals surface area contributed by atoms with E-state index in [0.29, 0.717) is 0 Å². The lowest BCUT2D eigenvalue weighted by molar-refractivity contribution is 0.409. The molecule has 2 N–H and O–H groups in total. The van der Waals surface area contributed by atoms with Crippen molar-refractivity contribution in [3.8, 4) is 11.1 Å². The van der Waals surface area contributed by atoms with Crippen LogP contribution < -0.4 is 15.9 Å². The number of rotatable bonds is 5. The Morgan fingerprint density at radius 3 is 1.97 bits per heavy atom. The monoisotopic (exact) mass is 449 g/mol. The van der Waals surface area contributed by atoms with Crippen LogP contribution in [0.15, 0.2) is 114 Å². The van der Waals surface area contributed by atoms with Gasteiger partial charge in [-0.2, -0.15) is 0 Å². The molecule has 0 aliphatic carbocycles. The van der Waals surface area contributed by atoms with Gasteiger partial charge in [-0.05, 0) is 53.0 Å². The van der Waals surface area contributed by atoms with Crippen molar-refractivity contribution in [1.29, 1.82) is 0 Å². The van der Waals surface area contributed by atoms with Crippen molar-refractivity contribution in [2.75, 3.05) is 13.3 Å². The van der Waals surface area contributed by atoms with Crippen molar-refractivity contribution in [3.63, 3.8) is 0 Å². The third kappa shape index (κ3) is 4.90. The van der Waals surface area contributed by atoms with Gasteiger partial charge in [0.15, 0.2) is 0 Å². The molecular formula is C29H28N3P. The topological polar surface area (TPSA) is 36.4 Å². The molecule has 0 saturated carbocycles. The summed E-state index contributed by atoms with van der Waals surface area (Å²) in [5.41, 5.74) is 5.91. The molecular weight excluding hydrogens is 421 g/mol. The number of nitrogens with one attached hydrogen (secondary N) is 2. The second-order valence-corrected chi connectivity index (χ2v) is 10.8. The number of nitrogens with zero attached hydrogens (tertiary/aromatic N) is 1. The summed E-state index contributed by atoms with van der Waals surface area (Å²) in [5.74, 6) is 0.906. The van der Waals surface area contributed by atoms with Gasteiger partial charge < -0.3 is 5.32 Å². The Hall–Kier alpha value is -3.26. The average molecular weight is 450 g/mol. The minimum atomic E-state index is -0.149. The summed E-state index contributed by atoms with van der Waals surface area (Å²) in [6.45, 7) is 4.60. The van der Waals surface area contributed by atoms with Crippen LogP contribution in [0.25, 0.3) is 11.1 Å². The summed E-state index contributed by atoms with van der Waals surface area (Å²) in [7, 11) is -0.128. The maximum atomic E-state index is 5.08. The molecule has 4 aromatic rings. The number of benzene rings is 4. The van der Waals surface area contributed by atoms with Gasteiger partial charge in [-0.25, -0.2) is 4.99 Å². The van der Waals surface area contributed by atoms with Crippen LogP contribution in [-0.4, -0.2) is 19.2 Å². The van der Waals surface area contributed by atoms with Crippen molar-refractivity contribution in [2.45, 2.75) is 12.3 Å². The minimum Gasteiger partial charge on any atom is -0.350 e. The van der Waals surface area contributed by atoms with Gasteiger partial charge in [0.05, 0.1) is 0 Å². The van der Waals surface area contributed by atoms with E-state index in [4.69, 9.17) is 4.99 Å². The summed E-state index contributed by atoms with van der Waals surface area (Å²) >= 11 is 0. The van der Waals surface area contributed by atoms with Gasteiger partial charge in [-0.15, -0.1) is 0 Å². The molecule has 0 fully saturated rings. The maximum absolute atomic E-state index is 5.08. The second kappa shape index (κ2) is 9.70. The van der Waals surface area contributed by atoms with Crippen LogP contribution in [0.5, 0.6) is 0 Å². The zero-order chi connectivity index (χ0) is 22.6. The Bertz CT molecular complexity index is 1250. The maximum Gasteiger partial charge on any atom is 0.131 e. The third-order valence-electron chi connectivity index (χ3n) is 5.94. The van der Waals surface area contributed by atoms with Gasteiger partial charge in [0, 0.05) is 5.56 Å². The molecule has 0 bridgehead atoms. The molecule has 1 aliphatic heterocycles.